The Morgan fingerprint density at radius 1 is 1.13 bits per heavy atom. The van der Waals surface area contributed by atoms with Crippen molar-refractivity contribution in [3.8, 4) is 0 Å². The molecule has 0 spiro atoms. The number of fused-ring (bicyclic) bond motifs is 1. The van der Waals surface area contributed by atoms with Crippen molar-refractivity contribution in [2.24, 2.45) is 0 Å². The van der Waals surface area contributed by atoms with Gasteiger partial charge in [0, 0.05) is 16.1 Å². The highest BCUT2D eigenvalue weighted by molar-refractivity contribution is 6.31. The third-order valence-electron chi connectivity index (χ3n) is 3.56. The van der Waals surface area contributed by atoms with Crippen LogP contribution in [0.25, 0.3) is 11.0 Å². The molecule has 0 fully saturated rings. The highest BCUT2D eigenvalue weighted by atomic mass is 35.5. The molecule has 0 atom stereocenters. The summed E-state index contributed by atoms with van der Waals surface area (Å²) in [5.74, 6) is -0.509. The molecule has 0 saturated heterocycles. The van der Waals surface area contributed by atoms with E-state index >= 15 is 0 Å². The lowest BCUT2D eigenvalue weighted by molar-refractivity contribution is 0.102. The molecule has 0 aliphatic heterocycles. The van der Waals surface area contributed by atoms with Gasteiger partial charge in [-0.25, -0.2) is 4.79 Å². The van der Waals surface area contributed by atoms with Crippen LogP contribution in [0.3, 0.4) is 0 Å². The second kappa shape index (κ2) is 6.26. The largest absolute Gasteiger partial charge is 0.422 e. The maximum Gasteiger partial charge on any atom is 0.349 e. The topological polar surface area (TPSA) is 59.3 Å². The van der Waals surface area contributed by atoms with Crippen molar-refractivity contribution in [2.45, 2.75) is 13.3 Å². The van der Waals surface area contributed by atoms with Gasteiger partial charge in [0.05, 0.1) is 0 Å². The van der Waals surface area contributed by atoms with E-state index in [-0.39, 0.29) is 5.56 Å². The minimum absolute atomic E-state index is 0.0562. The summed E-state index contributed by atoms with van der Waals surface area (Å²) in [6.45, 7) is 2.05. The minimum Gasteiger partial charge on any atom is -0.422 e. The smallest absolute Gasteiger partial charge is 0.349 e. The molecule has 5 heteroatoms. The number of rotatable bonds is 3. The maximum atomic E-state index is 12.3. The summed E-state index contributed by atoms with van der Waals surface area (Å²) in [6.07, 6.45) is 0.920. The summed E-state index contributed by atoms with van der Waals surface area (Å²) in [4.78, 5) is 24.3. The third-order valence-corrected chi connectivity index (χ3v) is 3.79. The molecule has 1 N–H and O–H groups in total. The van der Waals surface area contributed by atoms with Gasteiger partial charge < -0.3 is 9.73 Å². The van der Waals surface area contributed by atoms with E-state index in [0.717, 1.165) is 6.42 Å². The van der Waals surface area contributed by atoms with Crippen molar-refractivity contribution in [1.82, 2.24) is 0 Å². The molecule has 3 aromatic rings. The molecule has 0 radical (unpaired) electrons. The first-order valence-corrected chi connectivity index (χ1v) is 7.58. The molecule has 2 aromatic carbocycles. The molecule has 23 heavy (non-hydrogen) atoms. The Hall–Kier alpha value is -2.59. The van der Waals surface area contributed by atoms with E-state index in [0.29, 0.717) is 21.7 Å². The number of halogens is 1. The standard InChI is InChI=1S/C18H14ClNO3/c1-2-11-3-6-14(7-4-11)20-17(21)15-10-12-9-13(19)5-8-16(12)23-18(15)22/h3-10H,2H2,1H3,(H,20,21). The predicted octanol–water partition coefficient (Wildman–Crippen LogP) is 4.26. The molecular formula is C18H14ClNO3. The van der Waals surface area contributed by atoms with Crippen LogP contribution in [0.15, 0.2) is 57.7 Å². The molecule has 0 saturated carbocycles. The summed E-state index contributed by atoms with van der Waals surface area (Å²) in [6, 6.07) is 13.8. The van der Waals surface area contributed by atoms with Gasteiger partial charge in [0.25, 0.3) is 5.91 Å². The van der Waals surface area contributed by atoms with Crippen molar-refractivity contribution in [2.75, 3.05) is 5.32 Å². The van der Waals surface area contributed by atoms with Crippen LogP contribution in [0, 0.1) is 0 Å². The summed E-state index contributed by atoms with van der Waals surface area (Å²) in [5, 5.41) is 3.81. The second-order valence-corrected chi connectivity index (χ2v) is 5.57. The van der Waals surface area contributed by atoms with Gasteiger partial charge >= 0.3 is 5.63 Å². The van der Waals surface area contributed by atoms with Gasteiger partial charge in [0.2, 0.25) is 0 Å². The number of carbonyl (C=O) groups excluding carboxylic acids is 1. The minimum atomic E-state index is -0.678. The fraction of sp³-hybridized carbons (Fsp3) is 0.111. The maximum absolute atomic E-state index is 12.3. The summed E-state index contributed by atoms with van der Waals surface area (Å²) >= 11 is 5.93. The van der Waals surface area contributed by atoms with Crippen LogP contribution in [0.5, 0.6) is 0 Å². The Balaban J connectivity index is 1.93. The molecular weight excluding hydrogens is 314 g/mol. The highest BCUT2D eigenvalue weighted by Gasteiger charge is 2.14. The summed E-state index contributed by atoms with van der Waals surface area (Å²) in [7, 11) is 0. The molecule has 0 unspecified atom stereocenters. The number of carbonyl (C=O) groups is 1. The van der Waals surface area contributed by atoms with Crippen LogP contribution in [0.4, 0.5) is 5.69 Å². The fourth-order valence-electron chi connectivity index (χ4n) is 2.27. The van der Waals surface area contributed by atoms with Crippen LogP contribution in [-0.2, 0) is 6.42 Å². The van der Waals surface area contributed by atoms with E-state index < -0.39 is 11.5 Å². The zero-order valence-electron chi connectivity index (χ0n) is 12.4. The first-order chi connectivity index (χ1) is 11.1. The van der Waals surface area contributed by atoms with Crippen LogP contribution >= 0.6 is 11.6 Å². The molecule has 4 nitrogen and oxygen atoms in total. The number of amides is 1. The third kappa shape index (κ3) is 3.27. The molecule has 1 heterocycles. The fourth-order valence-corrected chi connectivity index (χ4v) is 2.46. The first kappa shape index (κ1) is 15.3. The monoisotopic (exact) mass is 327 g/mol. The predicted molar refractivity (Wildman–Crippen MR) is 91.3 cm³/mol. The normalized spacial score (nSPS) is 10.7. The molecule has 1 amide bonds. The van der Waals surface area contributed by atoms with Crippen LogP contribution in [0.1, 0.15) is 22.8 Å². The first-order valence-electron chi connectivity index (χ1n) is 7.20. The van der Waals surface area contributed by atoms with E-state index in [1.54, 1.807) is 30.3 Å². The van der Waals surface area contributed by atoms with Crippen LogP contribution in [-0.4, -0.2) is 5.91 Å². The SMILES string of the molecule is CCc1ccc(NC(=O)c2cc3cc(Cl)ccc3oc2=O)cc1. The lowest BCUT2D eigenvalue weighted by Crippen LogP contribution is -2.20. The number of benzene rings is 2. The van der Waals surface area contributed by atoms with Crippen LogP contribution < -0.4 is 10.9 Å². The molecule has 116 valence electrons. The zero-order chi connectivity index (χ0) is 16.4. The van der Waals surface area contributed by atoms with Gasteiger partial charge in [-0.05, 0) is 48.4 Å². The Labute approximate surface area is 137 Å². The van der Waals surface area contributed by atoms with Crippen molar-refractivity contribution in [3.05, 3.63) is 75.1 Å². The highest BCUT2D eigenvalue weighted by Crippen LogP contribution is 2.19. The van der Waals surface area contributed by atoms with Crippen molar-refractivity contribution in [1.29, 1.82) is 0 Å². The molecule has 0 aliphatic carbocycles. The van der Waals surface area contributed by atoms with Gasteiger partial charge in [0.15, 0.2) is 0 Å². The Morgan fingerprint density at radius 2 is 1.87 bits per heavy atom. The van der Waals surface area contributed by atoms with E-state index in [1.807, 2.05) is 12.1 Å². The quantitative estimate of drug-likeness (QED) is 0.731. The Morgan fingerprint density at radius 3 is 2.57 bits per heavy atom. The number of nitrogens with one attached hydrogen (secondary N) is 1. The molecule has 1 aromatic heterocycles. The van der Waals surface area contributed by atoms with Crippen molar-refractivity contribution >= 4 is 34.2 Å². The lowest BCUT2D eigenvalue weighted by atomic mass is 10.1. The average molecular weight is 328 g/mol. The van der Waals surface area contributed by atoms with Crippen molar-refractivity contribution in [3.63, 3.8) is 0 Å². The number of hydrogen-bond donors (Lipinski definition) is 1. The summed E-state index contributed by atoms with van der Waals surface area (Å²) in [5.41, 5.74) is 1.45. The van der Waals surface area contributed by atoms with Gasteiger partial charge in [-0.2, -0.15) is 0 Å². The lowest BCUT2D eigenvalue weighted by Gasteiger charge is -2.06. The molecule has 0 aliphatic rings. The van der Waals surface area contributed by atoms with Gasteiger partial charge in [-0.1, -0.05) is 30.7 Å². The van der Waals surface area contributed by atoms with E-state index in [2.05, 4.69) is 12.2 Å². The number of aryl methyl sites for hydroxylation is 1. The summed E-state index contributed by atoms with van der Waals surface area (Å²) < 4.78 is 5.17. The second-order valence-electron chi connectivity index (χ2n) is 5.13. The van der Waals surface area contributed by atoms with E-state index in [1.165, 1.54) is 11.6 Å². The van der Waals surface area contributed by atoms with E-state index in [4.69, 9.17) is 16.0 Å². The van der Waals surface area contributed by atoms with E-state index in [9.17, 15) is 9.59 Å². The van der Waals surface area contributed by atoms with Gasteiger partial charge in [0.1, 0.15) is 11.1 Å². The Bertz CT molecular complexity index is 929. The average Bonchev–Trinajstić information content (AvgIpc) is 2.55. The molecule has 0 bridgehead atoms. The Kier molecular flexibility index (Phi) is 4.17. The zero-order valence-corrected chi connectivity index (χ0v) is 13.2. The molecule has 3 rings (SSSR count). The van der Waals surface area contributed by atoms with Gasteiger partial charge in [-0.3, -0.25) is 4.79 Å². The van der Waals surface area contributed by atoms with Crippen LogP contribution in [0.2, 0.25) is 5.02 Å². The van der Waals surface area contributed by atoms with Gasteiger partial charge in [-0.15, -0.1) is 0 Å². The number of anilines is 1. The van der Waals surface area contributed by atoms with Crippen molar-refractivity contribution < 1.29 is 9.21 Å². The number of hydrogen-bond acceptors (Lipinski definition) is 3.